The number of aromatic amines is 2. The number of H-pyrrole nitrogens is 2. The smallest absolute Gasteiger partial charge is 0.407 e. The number of carbonyl (C=O) groups is 3. The number of nitrogens with one attached hydrogen (secondary N) is 4. The first-order chi connectivity index (χ1) is 33.4. The van der Waals surface area contributed by atoms with Gasteiger partial charge in [0.15, 0.2) is 6.79 Å². The number of alkyl carbamates (subject to hydrolysis) is 1. The van der Waals surface area contributed by atoms with Crippen molar-refractivity contribution in [3.63, 3.8) is 0 Å². The van der Waals surface area contributed by atoms with Gasteiger partial charge in [0, 0.05) is 29.9 Å². The highest BCUT2D eigenvalue weighted by Crippen LogP contribution is 2.49. The van der Waals surface area contributed by atoms with Crippen LogP contribution in [0.3, 0.4) is 0 Å². The average molecular weight is 921 g/mol. The van der Waals surface area contributed by atoms with E-state index in [-0.39, 0.29) is 42.8 Å². The van der Waals surface area contributed by atoms with E-state index in [2.05, 4.69) is 49.8 Å². The number of nitrogens with zero attached hydrogens (tertiary/aromatic N) is 4. The van der Waals surface area contributed by atoms with Crippen molar-refractivity contribution >= 4 is 17.9 Å². The zero-order chi connectivity index (χ0) is 46.1. The van der Waals surface area contributed by atoms with Gasteiger partial charge in [-0.3, -0.25) is 14.9 Å². The van der Waals surface area contributed by atoms with Crippen LogP contribution in [-0.2, 0) is 23.8 Å². The first-order valence-electron chi connectivity index (χ1n) is 25.2. The Morgan fingerprint density at radius 3 is 1.78 bits per heavy atom. The molecule has 356 valence electrons. The van der Waals surface area contributed by atoms with E-state index in [1.807, 2.05) is 78.0 Å². The zero-order valence-electron chi connectivity index (χ0n) is 38.9. The van der Waals surface area contributed by atoms with E-state index in [1.54, 1.807) is 0 Å². The molecular weight excluding hydrogens is 857 g/mol. The molecule has 4 N–H and O–H groups in total. The minimum Gasteiger partial charge on any atom is -0.453 e. The lowest BCUT2D eigenvalue weighted by molar-refractivity contribution is -0.335. The standard InChI is InChI=1S/C54H64N8O6/c1-66-53(65)59-47(37-12-4-2-5-13-37)51(63)61-43-18-10-8-16-39(43)28-45(61)49-55-30-41(57-49)35-24-20-33(21-25-35)34-22-26-36(27-23-34)42-31-56-50(58-42)46-29-40-17-9-11-19-44(40)62(46)52(64)48(60-54-67-32-68-54)38-14-6-3-7-15-38/h2-7,12-15,22-23,26-27,30-31,33,35,39-40,43-48,54,60H,8-11,16-21,24-25,28-29,32H2,1H3,(H,55,57)(H,56,58)(H,59,65)/t33?,35?,39-,40-,43-,44-,45-,46-,47+,48+/m0/s1. The number of fused-ring (bicyclic) bond motifs is 2. The van der Waals surface area contributed by atoms with Crippen LogP contribution in [0.2, 0.25) is 0 Å². The van der Waals surface area contributed by atoms with Gasteiger partial charge in [-0.25, -0.2) is 14.8 Å². The van der Waals surface area contributed by atoms with Gasteiger partial charge >= 0.3 is 6.09 Å². The van der Waals surface area contributed by atoms with Crippen molar-refractivity contribution in [2.45, 2.75) is 144 Å². The third-order valence-corrected chi connectivity index (χ3v) is 16.3. The summed E-state index contributed by atoms with van der Waals surface area (Å²) in [5, 5.41) is 6.17. The number of likely N-dealkylation sites (tertiary alicyclic amines) is 2. The largest absolute Gasteiger partial charge is 0.453 e. The highest BCUT2D eigenvalue weighted by molar-refractivity contribution is 5.88. The molecule has 11 rings (SSSR count). The maximum Gasteiger partial charge on any atom is 0.407 e. The van der Waals surface area contributed by atoms with Crippen LogP contribution in [-0.4, -0.2) is 80.0 Å². The number of methoxy groups -OCH3 is 1. The summed E-state index contributed by atoms with van der Waals surface area (Å²) >= 11 is 0. The predicted octanol–water partition coefficient (Wildman–Crippen LogP) is 9.62. The number of aromatic nitrogens is 4. The highest BCUT2D eigenvalue weighted by Gasteiger charge is 2.50. The monoisotopic (exact) mass is 920 g/mol. The molecule has 5 aromatic rings. The molecule has 14 nitrogen and oxygen atoms in total. The van der Waals surface area contributed by atoms with Crippen LogP contribution in [0.25, 0.3) is 11.3 Å². The van der Waals surface area contributed by atoms with E-state index < -0.39 is 24.6 Å². The molecule has 6 aliphatic rings. The van der Waals surface area contributed by atoms with Crippen LogP contribution in [0.1, 0.15) is 160 Å². The quantitative estimate of drug-likeness (QED) is 0.0953. The minimum absolute atomic E-state index is 0.0353. The average Bonchev–Trinajstić information content (AvgIpc) is 4.21. The van der Waals surface area contributed by atoms with Gasteiger partial charge in [-0.15, -0.1) is 0 Å². The van der Waals surface area contributed by atoms with E-state index >= 15 is 0 Å². The Bertz CT molecular complexity index is 2520. The second-order valence-corrected chi connectivity index (χ2v) is 20.1. The summed E-state index contributed by atoms with van der Waals surface area (Å²) < 4.78 is 16.1. The van der Waals surface area contributed by atoms with Crippen LogP contribution >= 0.6 is 0 Å². The fourth-order valence-corrected chi connectivity index (χ4v) is 12.8. The molecule has 68 heavy (non-hydrogen) atoms. The first-order valence-corrected chi connectivity index (χ1v) is 25.2. The predicted molar refractivity (Wildman–Crippen MR) is 254 cm³/mol. The number of ether oxygens (including phenoxy) is 3. The lowest BCUT2D eigenvalue weighted by Gasteiger charge is -2.38. The molecule has 3 aliphatic carbocycles. The summed E-state index contributed by atoms with van der Waals surface area (Å²) in [5.41, 5.74) is 6.16. The summed E-state index contributed by atoms with van der Waals surface area (Å²) in [6.07, 6.45) is 17.5. The molecule has 3 aromatic carbocycles. The topological polar surface area (TPSA) is 167 Å². The number of carbonyl (C=O) groups excluding carboxylic acids is 3. The van der Waals surface area contributed by atoms with Crippen LogP contribution in [0.15, 0.2) is 97.3 Å². The Morgan fingerprint density at radius 2 is 1.19 bits per heavy atom. The maximum atomic E-state index is 14.7. The number of amides is 3. The number of benzene rings is 3. The number of hydrogen-bond donors (Lipinski definition) is 4. The number of rotatable bonds is 12. The van der Waals surface area contributed by atoms with Gasteiger partial charge < -0.3 is 39.3 Å². The van der Waals surface area contributed by atoms with Gasteiger partial charge in [-0.05, 0) is 104 Å². The van der Waals surface area contributed by atoms with Crippen LogP contribution in [0.4, 0.5) is 4.79 Å². The van der Waals surface area contributed by atoms with E-state index in [0.717, 1.165) is 117 Å². The molecule has 0 radical (unpaired) electrons. The van der Waals surface area contributed by atoms with Gasteiger partial charge in [-0.1, -0.05) is 111 Å². The molecule has 3 saturated carbocycles. The van der Waals surface area contributed by atoms with Crippen LogP contribution in [0.5, 0.6) is 0 Å². The lowest BCUT2D eigenvalue weighted by atomic mass is 9.77. The normalized spacial score (nSPS) is 28.0. The van der Waals surface area contributed by atoms with Crippen LogP contribution < -0.4 is 10.6 Å². The van der Waals surface area contributed by atoms with E-state index in [1.165, 1.54) is 25.5 Å². The molecule has 3 amide bonds. The van der Waals surface area contributed by atoms with Gasteiger partial charge in [0.2, 0.25) is 12.3 Å². The summed E-state index contributed by atoms with van der Waals surface area (Å²) in [7, 11) is 1.33. The van der Waals surface area contributed by atoms with Crippen molar-refractivity contribution in [1.82, 2.24) is 40.4 Å². The molecule has 8 atom stereocenters. The Labute approximate surface area is 398 Å². The fourth-order valence-electron chi connectivity index (χ4n) is 12.8. The Morgan fingerprint density at radius 1 is 0.647 bits per heavy atom. The molecule has 0 bridgehead atoms. The third kappa shape index (κ3) is 8.86. The second kappa shape index (κ2) is 19.6. The molecule has 2 aromatic heterocycles. The number of imidazole rings is 2. The van der Waals surface area contributed by atoms with E-state index in [0.29, 0.717) is 23.7 Å². The van der Waals surface area contributed by atoms with Gasteiger partial charge in [-0.2, -0.15) is 0 Å². The molecule has 3 saturated heterocycles. The zero-order valence-corrected chi connectivity index (χ0v) is 38.9. The molecule has 0 unspecified atom stereocenters. The van der Waals surface area contributed by atoms with Crippen LogP contribution in [0, 0.1) is 11.8 Å². The SMILES string of the molecule is COC(=O)N[C@@H](C(=O)N1[C@H](c2ncc(C3CCC(c4ccc(-c5cnc([C@@H]6C[C@@H]7CCCC[C@@H]7N6C(=O)[C@H](NC6OCO6)c6ccccc6)[nH]5)cc4)CC3)[nH]2)C[C@@H]2CCCC[C@@H]21)c1ccccc1. The second-order valence-electron chi connectivity index (χ2n) is 20.1. The van der Waals surface area contributed by atoms with Crippen molar-refractivity contribution < 1.29 is 28.6 Å². The fraction of sp³-hybridized carbons (Fsp3) is 0.500. The van der Waals surface area contributed by atoms with Crippen molar-refractivity contribution in [2.24, 2.45) is 11.8 Å². The lowest BCUT2D eigenvalue weighted by Crippen LogP contribution is -2.52. The summed E-state index contributed by atoms with van der Waals surface area (Å²) in [5.74, 6) is 3.29. The summed E-state index contributed by atoms with van der Waals surface area (Å²) in [4.78, 5) is 63.5. The van der Waals surface area contributed by atoms with Gasteiger partial charge in [0.1, 0.15) is 23.7 Å². The molecular formula is C54H64N8O6. The molecule has 5 heterocycles. The Hall–Kier alpha value is -5.83. The molecule has 0 spiro atoms. The van der Waals surface area contributed by atoms with E-state index in [4.69, 9.17) is 24.2 Å². The summed E-state index contributed by atoms with van der Waals surface area (Å²) in [6, 6.07) is 26.8. The maximum absolute atomic E-state index is 14.7. The van der Waals surface area contributed by atoms with Crippen molar-refractivity contribution in [1.29, 1.82) is 0 Å². The highest BCUT2D eigenvalue weighted by atomic mass is 16.9. The van der Waals surface area contributed by atoms with Gasteiger partial charge in [0.25, 0.3) is 5.91 Å². The molecule has 14 heteroatoms. The Balaban J connectivity index is 0.753. The molecule has 6 fully saturated rings. The van der Waals surface area contributed by atoms with Gasteiger partial charge in [0.05, 0.1) is 31.1 Å². The van der Waals surface area contributed by atoms with Crippen molar-refractivity contribution in [3.05, 3.63) is 131 Å². The van der Waals surface area contributed by atoms with Crippen molar-refractivity contribution in [2.75, 3.05) is 13.9 Å². The first kappa shape index (κ1) is 44.7. The Kier molecular flexibility index (Phi) is 12.9. The third-order valence-electron chi connectivity index (χ3n) is 16.3. The molecule has 3 aliphatic heterocycles. The minimum atomic E-state index is -0.850. The summed E-state index contributed by atoms with van der Waals surface area (Å²) in [6.45, 7) is 0.222. The van der Waals surface area contributed by atoms with E-state index in [9.17, 15) is 14.4 Å². The van der Waals surface area contributed by atoms with Crippen molar-refractivity contribution in [3.8, 4) is 11.3 Å². The number of hydrogen-bond acceptors (Lipinski definition) is 9.